The summed E-state index contributed by atoms with van der Waals surface area (Å²) >= 11 is 0. The number of rotatable bonds is 1. The van der Waals surface area contributed by atoms with Crippen molar-refractivity contribution < 1.29 is 19.5 Å². The molecule has 1 heterocycles. The van der Waals surface area contributed by atoms with Gasteiger partial charge in [0.1, 0.15) is 0 Å². The lowest BCUT2D eigenvalue weighted by Gasteiger charge is -2.16. The zero-order valence-electron chi connectivity index (χ0n) is 8.94. The van der Waals surface area contributed by atoms with E-state index in [2.05, 4.69) is 0 Å². The van der Waals surface area contributed by atoms with Crippen molar-refractivity contribution in [3.8, 4) is 0 Å². The van der Waals surface area contributed by atoms with E-state index in [4.69, 9.17) is 5.11 Å². The van der Waals surface area contributed by atoms with Gasteiger partial charge < -0.3 is 5.11 Å². The maximum Gasteiger partial charge on any atom is 0.306 e. The largest absolute Gasteiger partial charge is 0.481 e. The molecule has 0 unspecified atom stereocenters. The van der Waals surface area contributed by atoms with Crippen LogP contribution in [0, 0.1) is 5.92 Å². The van der Waals surface area contributed by atoms with Crippen molar-refractivity contribution in [2.24, 2.45) is 5.92 Å². The first-order chi connectivity index (χ1) is 7.59. The molecule has 5 nitrogen and oxygen atoms in total. The molecule has 2 amide bonds. The summed E-state index contributed by atoms with van der Waals surface area (Å²) in [7, 11) is 0. The summed E-state index contributed by atoms with van der Waals surface area (Å²) in [6.07, 6.45) is 7.63. The Labute approximate surface area is 93.5 Å². The Kier molecular flexibility index (Phi) is 4.69. The summed E-state index contributed by atoms with van der Waals surface area (Å²) in [6, 6.07) is 0. The number of nitrogens with one attached hydrogen (secondary N) is 1. The van der Waals surface area contributed by atoms with Crippen LogP contribution in [0.25, 0.3) is 0 Å². The second-order valence-corrected chi connectivity index (χ2v) is 3.86. The minimum atomic E-state index is -0.602. The van der Waals surface area contributed by atoms with Crippen LogP contribution < -0.4 is 5.32 Å². The normalized spacial score (nSPS) is 20.0. The van der Waals surface area contributed by atoms with Crippen LogP contribution in [0.1, 0.15) is 32.1 Å². The molecule has 1 saturated carbocycles. The van der Waals surface area contributed by atoms with Crippen LogP contribution in [0.4, 0.5) is 0 Å². The monoisotopic (exact) mass is 225 g/mol. The minimum absolute atomic E-state index is 0.0289. The highest BCUT2D eigenvalue weighted by molar-refractivity contribution is 6.12. The number of carboxylic acid groups (broad SMARTS) is 1. The van der Waals surface area contributed by atoms with Gasteiger partial charge in [-0.05, 0) is 12.8 Å². The number of hydrogen-bond donors (Lipinski definition) is 2. The molecule has 0 spiro atoms. The van der Waals surface area contributed by atoms with E-state index >= 15 is 0 Å². The molecule has 88 valence electrons. The quantitative estimate of drug-likeness (QED) is 0.648. The predicted octanol–water partition coefficient (Wildman–Crippen LogP) is 0.850. The zero-order valence-corrected chi connectivity index (χ0v) is 8.94. The van der Waals surface area contributed by atoms with Gasteiger partial charge in [-0.15, -0.1) is 0 Å². The molecule has 0 saturated heterocycles. The Balaban J connectivity index is 0.000000165. The molecular formula is C11H15NO4. The molecule has 2 N–H and O–H groups in total. The van der Waals surface area contributed by atoms with E-state index in [9.17, 15) is 14.4 Å². The van der Waals surface area contributed by atoms with Crippen molar-refractivity contribution in [2.75, 3.05) is 0 Å². The molecule has 16 heavy (non-hydrogen) atoms. The standard InChI is InChI=1S/C7H12O2.C4H3NO2/c8-7(9)6-4-2-1-3-5-6;6-3-1-2-4(7)5-3/h6H,1-5H2,(H,8,9);1-2H,(H,5,6,7). The van der Waals surface area contributed by atoms with E-state index in [0.717, 1.165) is 25.7 Å². The molecule has 2 rings (SSSR count). The Bertz CT molecular complexity index is 300. The lowest BCUT2D eigenvalue weighted by molar-refractivity contribution is -0.142. The number of hydrogen-bond acceptors (Lipinski definition) is 3. The maximum atomic E-state index is 10.4. The Morgan fingerprint density at radius 3 is 1.88 bits per heavy atom. The molecule has 2 aliphatic rings. The van der Waals surface area contributed by atoms with Gasteiger partial charge in [-0.25, -0.2) is 0 Å². The fourth-order valence-electron chi connectivity index (χ4n) is 1.71. The van der Waals surface area contributed by atoms with E-state index in [-0.39, 0.29) is 17.7 Å². The van der Waals surface area contributed by atoms with Crippen molar-refractivity contribution in [1.29, 1.82) is 0 Å². The molecule has 5 heteroatoms. The first kappa shape index (κ1) is 12.4. The summed E-state index contributed by atoms with van der Waals surface area (Å²) in [6.45, 7) is 0. The third-order valence-corrected chi connectivity index (χ3v) is 2.59. The van der Waals surface area contributed by atoms with E-state index in [1.165, 1.54) is 18.6 Å². The van der Waals surface area contributed by atoms with E-state index in [1.807, 2.05) is 5.32 Å². The highest BCUT2D eigenvalue weighted by atomic mass is 16.4. The van der Waals surface area contributed by atoms with Crippen LogP contribution in [0.5, 0.6) is 0 Å². The van der Waals surface area contributed by atoms with E-state index in [1.54, 1.807) is 0 Å². The number of imide groups is 1. The zero-order chi connectivity index (χ0) is 12.0. The lowest BCUT2D eigenvalue weighted by Crippen LogP contribution is -2.19. The molecule has 0 atom stereocenters. The second-order valence-electron chi connectivity index (χ2n) is 3.86. The van der Waals surface area contributed by atoms with Crippen LogP contribution in [-0.4, -0.2) is 22.9 Å². The maximum absolute atomic E-state index is 10.4. The van der Waals surface area contributed by atoms with Crippen molar-refractivity contribution in [3.05, 3.63) is 12.2 Å². The van der Waals surface area contributed by atoms with Gasteiger partial charge in [0.15, 0.2) is 0 Å². The molecule has 1 fully saturated rings. The van der Waals surface area contributed by atoms with Gasteiger partial charge in [0.05, 0.1) is 5.92 Å². The van der Waals surface area contributed by atoms with Crippen LogP contribution in [0.15, 0.2) is 12.2 Å². The fraction of sp³-hybridized carbons (Fsp3) is 0.545. The molecule has 0 aromatic carbocycles. The molecule has 0 aromatic heterocycles. The predicted molar refractivity (Wildman–Crippen MR) is 56.5 cm³/mol. The van der Waals surface area contributed by atoms with Crippen LogP contribution in [0.2, 0.25) is 0 Å². The van der Waals surface area contributed by atoms with Gasteiger partial charge in [0, 0.05) is 12.2 Å². The smallest absolute Gasteiger partial charge is 0.306 e. The second kappa shape index (κ2) is 6.05. The van der Waals surface area contributed by atoms with Crippen LogP contribution in [0.3, 0.4) is 0 Å². The third-order valence-electron chi connectivity index (χ3n) is 2.59. The highest BCUT2D eigenvalue weighted by Crippen LogP contribution is 2.23. The molecule has 1 aliphatic heterocycles. The first-order valence-electron chi connectivity index (χ1n) is 5.35. The van der Waals surface area contributed by atoms with E-state index < -0.39 is 5.97 Å². The molecular weight excluding hydrogens is 210 g/mol. The fourth-order valence-corrected chi connectivity index (χ4v) is 1.71. The topological polar surface area (TPSA) is 83.5 Å². The van der Waals surface area contributed by atoms with Crippen molar-refractivity contribution >= 4 is 17.8 Å². The number of carbonyl (C=O) groups is 3. The molecule has 0 radical (unpaired) electrons. The van der Waals surface area contributed by atoms with Gasteiger partial charge in [0.2, 0.25) is 0 Å². The first-order valence-corrected chi connectivity index (χ1v) is 5.35. The van der Waals surface area contributed by atoms with Gasteiger partial charge in [-0.3, -0.25) is 19.7 Å². The van der Waals surface area contributed by atoms with Gasteiger partial charge in [-0.1, -0.05) is 19.3 Å². The molecule has 1 aliphatic carbocycles. The van der Waals surface area contributed by atoms with Crippen molar-refractivity contribution in [3.63, 3.8) is 0 Å². The highest BCUT2D eigenvalue weighted by Gasteiger charge is 2.19. The minimum Gasteiger partial charge on any atom is -0.481 e. The third kappa shape index (κ3) is 4.25. The van der Waals surface area contributed by atoms with Crippen LogP contribution in [-0.2, 0) is 14.4 Å². The number of carboxylic acids is 1. The summed E-state index contributed by atoms with van der Waals surface area (Å²) in [5.41, 5.74) is 0. The average Bonchev–Trinajstić information content (AvgIpc) is 2.65. The molecule has 0 aromatic rings. The summed E-state index contributed by atoms with van der Waals surface area (Å²) < 4.78 is 0. The number of amides is 2. The van der Waals surface area contributed by atoms with Gasteiger partial charge in [0.25, 0.3) is 11.8 Å². The Morgan fingerprint density at radius 2 is 1.62 bits per heavy atom. The number of aliphatic carboxylic acids is 1. The summed E-state index contributed by atoms with van der Waals surface area (Å²) in [4.78, 5) is 30.4. The molecule has 0 bridgehead atoms. The Morgan fingerprint density at radius 1 is 1.12 bits per heavy atom. The van der Waals surface area contributed by atoms with Crippen LogP contribution >= 0.6 is 0 Å². The van der Waals surface area contributed by atoms with Gasteiger partial charge in [-0.2, -0.15) is 0 Å². The van der Waals surface area contributed by atoms with Gasteiger partial charge >= 0.3 is 5.97 Å². The SMILES string of the molecule is O=C(O)C1CCCCC1.O=C1C=CC(=O)N1. The summed E-state index contributed by atoms with van der Waals surface area (Å²) in [5.74, 6) is -1.29. The number of carbonyl (C=O) groups excluding carboxylic acids is 2. The van der Waals surface area contributed by atoms with Crippen molar-refractivity contribution in [1.82, 2.24) is 5.32 Å². The van der Waals surface area contributed by atoms with Crippen molar-refractivity contribution in [2.45, 2.75) is 32.1 Å². The Hall–Kier alpha value is -1.65. The van der Waals surface area contributed by atoms with E-state index in [0.29, 0.717) is 0 Å². The summed E-state index contributed by atoms with van der Waals surface area (Å²) in [5, 5.41) is 10.6. The average molecular weight is 225 g/mol. The lowest BCUT2D eigenvalue weighted by atomic mass is 9.90.